The Hall–Kier alpha value is -1.36. The highest BCUT2D eigenvalue weighted by Gasteiger charge is 2.32. The van der Waals surface area contributed by atoms with Crippen LogP contribution in [0, 0.1) is 0 Å². The van der Waals surface area contributed by atoms with Gasteiger partial charge in [-0.3, -0.25) is 4.79 Å². The lowest BCUT2D eigenvalue weighted by Gasteiger charge is -2.24. The van der Waals surface area contributed by atoms with Gasteiger partial charge in [0, 0.05) is 26.0 Å². The van der Waals surface area contributed by atoms with Crippen LogP contribution >= 0.6 is 11.6 Å². The Labute approximate surface area is 98.8 Å². The maximum atomic E-state index is 11.7. The molecule has 2 rings (SSSR count). The maximum absolute atomic E-state index is 11.7. The second kappa shape index (κ2) is 4.65. The van der Waals surface area contributed by atoms with Crippen molar-refractivity contribution in [3.8, 4) is 0 Å². The molecule has 86 valence electrons. The van der Waals surface area contributed by atoms with Gasteiger partial charge in [-0.2, -0.15) is 0 Å². The molecule has 5 nitrogen and oxygen atoms in total. The van der Waals surface area contributed by atoms with Gasteiger partial charge in [0.2, 0.25) is 5.91 Å². The highest BCUT2D eigenvalue weighted by molar-refractivity contribution is 6.31. The number of hydrogen-bond acceptors (Lipinski definition) is 4. The summed E-state index contributed by atoms with van der Waals surface area (Å²) in [6.07, 6.45) is 4.91. The Morgan fingerprint density at radius 1 is 1.56 bits per heavy atom. The number of anilines is 1. The number of carbonyl (C=O) groups is 1. The monoisotopic (exact) mass is 240 g/mol. The van der Waals surface area contributed by atoms with Gasteiger partial charge < -0.3 is 10.2 Å². The number of aromatic nitrogens is 2. The van der Waals surface area contributed by atoms with Gasteiger partial charge in [0.15, 0.2) is 11.0 Å². The number of halogens is 1. The molecule has 0 aliphatic carbocycles. The molecule has 2 heterocycles. The van der Waals surface area contributed by atoms with Gasteiger partial charge in [0.1, 0.15) is 6.04 Å². The van der Waals surface area contributed by atoms with Crippen LogP contribution in [0.5, 0.6) is 0 Å². The van der Waals surface area contributed by atoms with Gasteiger partial charge in [-0.25, -0.2) is 9.97 Å². The third kappa shape index (κ3) is 1.95. The van der Waals surface area contributed by atoms with E-state index >= 15 is 0 Å². The van der Waals surface area contributed by atoms with Crippen molar-refractivity contribution in [3.63, 3.8) is 0 Å². The van der Waals surface area contributed by atoms with E-state index in [1.54, 1.807) is 13.2 Å². The summed E-state index contributed by atoms with van der Waals surface area (Å²) in [4.78, 5) is 21.7. The summed E-state index contributed by atoms with van der Waals surface area (Å²) in [5.74, 6) is 0.592. The molecule has 0 bridgehead atoms. The molecule has 0 aromatic carbocycles. The van der Waals surface area contributed by atoms with E-state index in [9.17, 15) is 4.79 Å². The summed E-state index contributed by atoms with van der Waals surface area (Å²) in [5.41, 5.74) is 0. The van der Waals surface area contributed by atoms with Gasteiger partial charge in [-0.15, -0.1) is 0 Å². The molecule has 0 spiro atoms. The first kappa shape index (κ1) is 11.1. The van der Waals surface area contributed by atoms with Crippen LogP contribution in [0.4, 0.5) is 5.82 Å². The fraction of sp³-hybridized carbons (Fsp3) is 0.500. The molecule has 1 atom stereocenters. The minimum Gasteiger partial charge on any atom is -0.357 e. The maximum Gasteiger partial charge on any atom is 0.242 e. The van der Waals surface area contributed by atoms with E-state index in [-0.39, 0.29) is 11.9 Å². The largest absolute Gasteiger partial charge is 0.357 e. The number of hydrogen-bond donors (Lipinski definition) is 1. The summed E-state index contributed by atoms with van der Waals surface area (Å²) in [7, 11) is 1.64. The van der Waals surface area contributed by atoms with Crippen LogP contribution in [0.3, 0.4) is 0 Å². The van der Waals surface area contributed by atoms with Crippen LogP contribution in [0.15, 0.2) is 12.4 Å². The number of amides is 1. The minimum absolute atomic E-state index is 0.000722. The summed E-state index contributed by atoms with van der Waals surface area (Å²) >= 11 is 5.97. The Balaban J connectivity index is 2.27. The zero-order valence-electron chi connectivity index (χ0n) is 8.98. The standard InChI is InChI=1S/C10H13ClN4O/c1-12-10(16)7-3-2-6-15(7)9-8(11)13-4-5-14-9/h4-5,7H,2-3,6H2,1H3,(H,12,16). The van der Waals surface area contributed by atoms with E-state index in [0.717, 1.165) is 19.4 Å². The van der Waals surface area contributed by atoms with Crippen LogP contribution < -0.4 is 10.2 Å². The number of likely N-dealkylation sites (N-methyl/N-ethyl adjacent to an activating group) is 1. The number of rotatable bonds is 2. The van der Waals surface area contributed by atoms with Crippen molar-refractivity contribution in [3.05, 3.63) is 17.5 Å². The molecule has 1 aliphatic heterocycles. The van der Waals surface area contributed by atoms with Crippen molar-refractivity contribution >= 4 is 23.3 Å². The SMILES string of the molecule is CNC(=O)C1CCCN1c1nccnc1Cl. The molecule has 1 N–H and O–H groups in total. The molecule has 1 aliphatic rings. The van der Waals surface area contributed by atoms with E-state index in [4.69, 9.17) is 11.6 Å². The zero-order valence-corrected chi connectivity index (χ0v) is 9.74. The Kier molecular flexibility index (Phi) is 3.24. The molecule has 1 fully saturated rings. The van der Waals surface area contributed by atoms with Gasteiger partial charge in [0.25, 0.3) is 0 Å². The second-order valence-corrected chi connectivity index (χ2v) is 3.99. The van der Waals surface area contributed by atoms with E-state index in [0.29, 0.717) is 11.0 Å². The highest BCUT2D eigenvalue weighted by atomic mass is 35.5. The average molecular weight is 241 g/mol. The fourth-order valence-electron chi connectivity index (χ4n) is 1.97. The predicted molar refractivity (Wildman–Crippen MR) is 61.5 cm³/mol. The topological polar surface area (TPSA) is 58.1 Å². The first-order valence-corrected chi connectivity index (χ1v) is 5.56. The smallest absolute Gasteiger partial charge is 0.242 e. The van der Waals surface area contributed by atoms with Crippen molar-refractivity contribution in [1.29, 1.82) is 0 Å². The summed E-state index contributed by atoms with van der Waals surface area (Å²) in [6, 6.07) is -0.181. The van der Waals surface area contributed by atoms with Gasteiger partial charge in [-0.1, -0.05) is 11.6 Å². The molecule has 1 unspecified atom stereocenters. The number of nitrogens with one attached hydrogen (secondary N) is 1. The molecular weight excluding hydrogens is 228 g/mol. The fourth-order valence-corrected chi connectivity index (χ4v) is 2.18. The van der Waals surface area contributed by atoms with Crippen molar-refractivity contribution in [2.75, 3.05) is 18.5 Å². The summed E-state index contributed by atoms with van der Waals surface area (Å²) in [5, 5.41) is 3.00. The minimum atomic E-state index is -0.181. The first-order valence-electron chi connectivity index (χ1n) is 5.19. The molecule has 0 radical (unpaired) electrons. The van der Waals surface area contributed by atoms with Gasteiger partial charge in [0.05, 0.1) is 0 Å². The van der Waals surface area contributed by atoms with E-state index < -0.39 is 0 Å². The third-order valence-corrected chi connectivity index (χ3v) is 2.98. The lowest BCUT2D eigenvalue weighted by molar-refractivity contribution is -0.121. The average Bonchev–Trinajstić information content (AvgIpc) is 2.77. The molecule has 16 heavy (non-hydrogen) atoms. The quantitative estimate of drug-likeness (QED) is 0.833. The molecule has 1 amide bonds. The van der Waals surface area contributed by atoms with Crippen LogP contribution in [0.2, 0.25) is 5.15 Å². The van der Waals surface area contributed by atoms with Crippen molar-refractivity contribution in [2.24, 2.45) is 0 Å². The Morgan fingerprint density at radius 2 is 2.31 bits per heavy atom. The van der Waals surface area contributed by atoms with E-state index in [1.165, 1.54) is 6.20 Å². The molecule has 1 aromatic heterocycles. The zero-order chi connectivity index (χ0) is 11.5. The first-order chi connectivity index (χ1) is 7.74. The van der Waals surface area contributed by atoms with Crippen LogP contribution in [-0.2, 0) is 4.79 Å². The molecule has 0 saturated carbocycles. The summed E-state index contributed by atoms with van der Waals surface area (Å²) < 4.78 is 0. The highest BCUT2D eigenvalue weighted by Crippen LogP contribution is 2.28. The Morgan fingerprint density at radius 3 is 3.00 bits per heavy atom. The van der Waals surface area contributed by atoms with E-state index in [1.807, 2.05) is 4.90 Å². The predicted octanol–water partition coefficient (Wildman–Crippen LogP) is 0.845. The van der Waals surface area contributed by atoms with Gasteiger partial charge >= 0.3 is 0 Å². The molecule has 6 heteroatoms. The van der Waals surface area contributed by atoms with E-state index in [2.05, 4.69) is 15.3 Å². The summed E-state index contributed by atoms with van der Waals surface area (Å²) in [6.45, 7) is 0.788. The van der Waals surface area contributed by atoms with Crippen LogP contribution in [0.1, 0.15) is 12.8 Å². The van der Waals surface area contributed by atoms with Crippen LogP contribution in [-0.4, -0.2) is 35.5 Å². The number of nitrogens with zero attached hydrogens (tertiary/aromatic N) is 3. The van der Waals surface area contributed by atoms with Gasteiger partial charge in [-0.05, 0) is 12.8 Å². The molecule has 1 saturated heterocycles. The van der Waals surface area contributed by atoms with Crippen molar-refractivity contribution < 1.29 is 4.79 Å². The molecule has 1 aromatic rings. The third-order valence-electron chi connectivity index (χ3n) is 2.71. The number of carbonyl (C=O) groups excluding carboxylic acids is 1. The van der Waals surface area contributed by atoms with Crippen molar-refractivity contribution in [1.82, 2.24) is 15.3 Å². The second-order valence-electron chi connectivity index (χ2n) is 3.64. The van der Waals surface area contributed by atoms with Crippen molar-refractivity contribution in [2.45, 2.75) is 18.9 Å². The van der Waals surface area contributed by atoms with Crippen LogP contribution in [0.25, 0.3) is 0 Å². The Bertz CT molecular complexity index is 398. The molecular formula is C10H13ClN4O. The lowest BCUT2D eigenvalue weighted by Crippen LogP contribution is -2.42. The normalized spacial score (nSPS) is 19.9. The lowest BCUT2D eigenvalue weighted by atomic mass is 10.2.